The molecule has 1 aromatic heterocycles. The van der Waals surface area contributed by atoms with Gasteiger partial charge in [-0.2, -0.15) is 5.10 Å². The fourth-order valence-corrected chi connectivity index (χ4v) is 1.83. The Morgan fingerprint density at radius 2 is 2.11 bits per heavy atom. The molecular weight excluding hydrogens is 228 g/mol. The van der Waals surface area contributed by atoms with Crippen molar-refractivity contribution in [3.05, 3.63) is 53.9 Å². The topological polar surface area (TPSA) is 44.1 Å². The van der Waals surface area contributed by atoms with Crippen LogP contribution in [0.1, 0.15) is 24.1 Å². The van der Waals surface area contributed by atoms with Crippen LogP contribution < -0.4 is 0 Å². The van der Waals surface area contributed by atoms with Crippen molar-refractivity contribution < 1.29 is 9.53 Å². The second-order valence-corrected chi connectivity index (χ2v) is 4.06. The summed E-state index contributed by atoms with van der Waals surface area (Å²) in [5.74, 6) is -0.285. The van der Waals surface area contributed by atoms with Crippen LogP contribution in [0, 0.1) is 6.92 Å². The van der Waals surface area contributed by atoms with E-state index in [0.717, 1.165) is 11.1 Å². The molecule has 0 spiro atoms. The Morgan fingerprint density at radius 1 is 1.39 bits per heavy atom. The average molecular weight is 244 g/mol. The number of hydrogen-bond donors (Lipinski definition) is 0. The van der Waals surface area contributed by atoms with Gasteiger partial charge in [-0.25, -0.2) is 4.79 Å². The molecule has 1 atom stereocenters. The van der Waals surface area contributed by atoms with Crippen molar-refractivity contribution in [3.63, 3.8) is 0 Å². The molecule has 94 valence electrons. The van der Waals surface area contributed by atoms with Crippen LogP contribution >= 0.6 is 0 Å². The largest absolute Gasteiger partial charge is 0.464 e. The highest BCUT2D eigenvalue weighted by atomic mass is 16.5. The molecule has 2 rings (SSSR count). The van der Waals surface area contributed by atoms with E-state index in [1.165, 1.54) is 0 Å². The van der Waals surface area contributed by atoms with Gasteiger partial charge in [0.05, 0.1) is 12.8 Å². The fraction of sp³-hybridized carbons (Fsp3) is 0.286. The Balaban J connectivity index is 2.38. The number of aromatic nitrogens is 2. The molecule has 4 nitrogen and oxygen atoms in total. The van der Waals surface area contributed by atoms with Gasteiger partial charge in [-0.05, 0) is 25.0 Å². The van der Waals surface area contributed by atoms with Crippen molar-refractivity contribution in [3.8, 4) is 0 Å². The first-order valence-electron chi connectivity index (χ1n) is 5.94. The zero-order valence-electron chi connectivity index (χ0n) is 10.5. The molecule has 1 aromatic carbocycles. The van der Waals surface area contributed by atoms with E-state index in [0.29, 0.717) is 6.61 Å². The maximum Gasteiger partial charge on any atom is 0.335 e. The van der Waals surface area contributed by atoms with Gasteiger partial charge in [0, 0.05) is 6.20 Å². The third-order valence-electron chi connectivity index (χ3n) is 2.62. The van der Waals surface area contributed by atoms with Gasteiger partial charge in [0.2, 0.25) is 0 Å². The van der Waals surface area contributed by atoms with E-state index in [9.17, 15) is 4.79 Å². The molecular formula is C14H16N2O2. The van der Waals surface area contributed by atoms with Gasteiger partial charge >= 0.3 is 5.97 Å². The van der Waals surface area contributed by atoms with Crippen LogP contribution in [0.5, 0.6) is 0 Å². The number of carbonyl (C=O) groups is 1. The summed E-state index contributed by atoms with van der Waals surface area (Å²) in [6.07, 6.45) is 3.57. The zero-order chi connectivity index (χ0) is 13.0. The maximum absolute atomic E-state index is 12.1. The molecule has 0 aliphatic heterocycles. The van der Waals surface area contributed by atoms with Crippen molar-refractivity contribution in [1.29, 1.82) is 0 Å². The van der Waals surface area contributed by atoms with Gasteiger partial charge in [0.15, 0.2) is 6.04 Å². The minimum atomic E-state index is -0.514. The monoisotopic (exact) mass is 244 g/mol. The van der Waals surface area contributed by atoms with Crippen molar-refractivity contribution in [2.24, 2.45) is 0 Å². The Hall–Kier alpha value is -2.10. The van der Waals surface area contributed by atoms with Gasteiger partial charge in [-0.15, -0.1) is 0 Å². The van der Waals surface area contributed by atoms with Gasteiger partial charge < -0.3 is 4.74 Å². The highest BCUT2D eigenvalue weighted by molar-refractivity contribution is 5.78. The van der Waals surface area contributed by atoms with Crippen LogP contribution in [-0.4, -0.2) is 22.4 Å². The Bertz CT molecular complexity index is 520. The number of aryl methyl sites for hydroxylation is 1. The van der Waals surface area contributed by atoms with Crippen molar-refractivity contribution >= 4 is 5.97 Å². The first-order valence-corrected chi connectivity index (χ1v) is 5.94. The molecule has 0 saturated heterocycles. The number of benzene rings is 1. The van der Waals surface area contributed by atoms with Gasteiger partial charge in [-0.3, -0.25) is 4.68 Å². The maximum atomic E-state index is 12.1. The van der Waals surface area contributed by atoms with Crippen LogP contribution in [0.3, 0.4) is 0 Å². The fourth-order valence-electron chi connectivity index (χ4n) is 1.83. The molecule has 0 aliphatic rings. The molecule has 1 heterocycles. The summed E-state index contributed by atoms with van der Waals surface area (Å²) in [7, 11) is 0. The van der Waals surface area contributed by atoms with Crippen LogP contribution in [0.15, 0.2) is 42.7 Å². The molecule has 0 radical (unpaired) electrons. The lowest BCUT2D eigenvalue weighted by Crippen LogP contribution is -2.23. The number of nitrogens with zero attached hydrogens (tertiary/aromatic N) is 2. The minimum Gasteiger partial charge on any atom is -0.464 e. The normalized spacial score (nSPS) is 12.1. The lowest BCUT2D eigenvalue weighted by atomic mass is 10.1. The molecule has 0 N–H and O–H groups in total. The smallest absolute Gasteiger partial charge is 0.335 e. The lowest BCUT2D eigenvalue weighted by molar-refractivity contribution is -0.146. The van der Waals surface area contributed by atoms with Crippen LogP contribution in [0.25, 0.3) is 0 Å². The van der Waals surface area contributed by atoms with E-state index in [-0.39, 0.29) is 5.97 Å². The van der Waals surface area contributed by atoms with E-state index in [1.54, 1.807) is 17.8 Å². The first-order chi connectivity index (χ1) is 8.72. The average Bonchev–Trinajstić information content (AvgIpc) is 2.78. The second-order valence-electron chi connectivity index (χ2n) is 4.06. The number of ether oxygens (including phenoxy) is 1. The van der Waals surface area contributed by atoms with E-state index in [4.69, 9.17) is 4.74 Å². The van der Waals surface area contributed by atoms with Gasteiger partial charge in [-0.1, -0.05) is 30.3 Å². The standard InChI is InChI=1S/C14H16N2O2/c1-3-18-14(17)13(12-7-5-4-6-8-12)16-10-11(2)9-15-16/h4-10,13H,3H2,1-2H3. The second kappa shape index (κ2) is 5.49. The quantitative estimate of drug-likeness (QED) is 0.775. The van der Waals surface area contributed by atoms with Crippen molar-refractivity contribution in [1.82, 2.24) is 9.78 Å². The number of esters is 1. The molecule has 4 heteroatoms. The molecule has 0 aliphatic carbocycles. The van der Waals surface area contributed by atoms with Gasteiger partial charge in [0.25, 0.3) is 0 Å². The third-order valence-corrected chi connectivity index (χ3v) is 2.62. The SMILES string of the molecule is CCOC(=O)C(c1ccccc1)n1cc(C)cn1. The Labute approximate surface area is 106 Å². The number of rotatable bonds is 4. The zero-order valence-corrected chi connectivity index (χ0v) is 10.5. The van der Waals surface area contributed by atoms with E-state index < -0.39 is 6.04 Å². The molecule has 0 saturated carbocycles. The van der Waals surface area contributed by atoms with Crippen LogP contribution in [-0.2, 0) is 9.53 Å². The number of carbonyl (C=O) groups excluding carboxylic acids is 1. The molecule has 0 amide bonds. The summed E-state index contributed by atoms with van der Waals surface area (Å²) in [6.45, 7) is 4.10. The Morgan fingerprint density at radius 3 is 2.67 bits per heavy atom. The van der Waals surface area contributed by atoms with Crippen LogP contribution in [0.2, 0.25) is 0 Å². The summed E-state index contributed by atoms with van der Waals surface area (Å²) < 4.78 is 6.76. The summed E-state index contributed by atoms with van der Waals surface area (Å²) in [4.78, 5) is 12.1. The van der Waals surface area contributed by atoms with Crippen LogP contribution in [0.4, 0.5) is 0 Å². The Kier molecular flexibility index (Phi) is 3.77. The number of hydrogen-bond acceptors (Lipinski definition) is 3. The summed E-state index contributed by atoms with van der Waals surface area (Å²) in [6, 6.07) is 9.01. The van der Waals surface area contributed by atoms with E-state index in [1.807, 2.05) is 43.5 Å². The molecule has 18 heavy (non-hydrogen) atoms. The third kappa shape index (κ3) is 2.59. The molecule has 0 bridgehead atoms. The predicted molar refractivity (Wildman–Crippen MR) is 68.2 cm³/mol. The van der Waals surface area contributed by atoms with Crippen molar-refractivity contribution in [2.75, 3.05) is 6.61 Å². The van der Waals surface area contributed by atoms with Gasteiger partial charge in [0.1, 0.15) is 0 Å². The highest BCUT2D eigenvalue weighted by Crippen LogP contribution is 2.19. The molecule has 1 unspecified atom stereocenters. The van der Waals surface area contributed by atoms with E-state index >= 15 is 0 Å². The van der Waals surface area contributed by atoms with Crippen molar-refractivity contribution in [2.45, 2.75) is 19.9 Å². The lowest BCUT2D eigenvalue weighted by Gasteiger charge is -2.16. The highest BCUT2D eigenvalue weighted by Gasteiger charge is 2.24. The van der Waals surface area contributed by atoms with E-state index in [2.05, 4.69) is 5.10 Å². The molecule has 0 fully saturated rings. The summed E-state index contributed by atoms with van der Waals surface area (Å²) in [5, 5.41) is 4.21. The first kappa shape index (κ1) is 12.4. The molecule has 2 aromatic rings. The minimum absolute atomic E-state index is 0.285. The predicted octanol–water partition coefficient (Wildman–Crippen LogP) is 2.34. The summed E-state index contributed by atoms with van der Waals surface area (Å²) >= 11 is 0. The summed E-state index contributed by atoms with van der Waals surface area (Å²) in [5.41, 5.74) is 1.89.